The zero-order valence-electron chi connectivity index (χ0n) is 13.3. The fourth-order valence-electron chi connectivity index (χ4n) is 5.61. The topological polar surface area (TPSA) is 37.3 Å². The number of aliphatic hydroxyl groups is 1. The first-order valence-corrected chi connectivity index (χ1v) is 8.15. The van der Waals surface area contributed by atoms with Crippen molar-refractivity contribution in [2.75, 3.05) is 0 Å². The Bertz CT molecular complexity index is 476. The van der Waals surface area contributed by atoms with E-state index in [4.69, 9.17) is 0 Å². The van der Waals surface area contributed by atoms with Gasteiger partial charge in [-0.15, -0.1) is 0 Å². The molecule has 0 spiro atoms. The minimum atomic E-state index is -0.211. The van der Waals surface area contributed by atoms with Crippen LogP contribution < -0.4 is 0 Å². The molecule has 1 N–H and O–H groups in total. The summed E-state index contributed by atoms with van der Waals surface area (Å²) in [6, 6.07) is 0. The summed E-state index contributed by atoms with van der Waals surface area (Å²) in [5.41, 5.74) is 1.30. The van der Waals surface area contributed by atoms with Gasteiger partial charge in [0.15, 0.2) is 0 Å². The van der Waals surface area contributed by atoms with Gasteiger partial charge >= 0.3 is 0 Å². The maximum absolute atomic E-state index is 12.3. The zero-order chi connectivity index (χ0) is 14.8. The summed E-state index contributed by atoms with van der Waals surface area (Å²) in [7, 11) is 0. The van der Waals surface area contributed by atoms with Gasteiger partial charge in [-0.2, -0.15) is 0 Å². The number of allylic oxidation sites excluding steroid dienone is 1. The lowest BCUT2D eigenvalue weighted by atomic mass is 9.43. The number of hydrogen-bond acceptors (Lipinski definition) is 2. The normalized spacial score (nSPS) is 47.2. The molecular weight excluding hydrogens is 248 g/mol. The number of carbonyl (C=O) groups excluding carboxylic acids is 1. The Balaban J connectivity index is 2.08. The molecule has 0 aromatic rings. The van der Waals surface area contributed by atoms with Crippen molar-refractivity contribution in [2.24, 2.45) is 22.2 Å². The molecule has 0 amide bonds. The van der Waals surface area contributed by atoms with Crippen molar-refractivity contribution in [1.82, 2.24) is 0 Å². The van der Waals surface area contributed by atoms with Crippen molar-refractivity contribution in [2.45, 2.75) is 72.3 Å². The molecule has 2 unspecified atom stereocenters. The number of fused-ring (bicyclic) bond motifs is 3. The van der Waals surface area contributed by atoms with Crippen LogP contribution in [0.5, 0.6) is 0 Å². The van der Waals surface area contributed by atoms with Gasteiger partial charge in [0.2, 0.25) is 0 Å². The fourth-order valence-corrected chi connectivity index (χ4v) is 5.61. The second-order valence-corrected chi connectivity index (χ2v) is 8.28. The van der Waals surface area contributed by atoms with E-state index in [2.05, 4.69) is 33.8 Å². The fraction of sp³-hybridized carbons (Fsp3) is 0.833. The lowest BCUT2D eigenvalue weighted by Gasteiger charge is -2.60. The van der Waals surface area contributed by atoms with Gasteiger partial charge in [0.25, 0.3) is 0 Å². The first kappa shape index (κ1) is 14.3. The summed E-state index contributed by atoms with van der Waals surface area (Å²) < 4.78 is 0. The summed E-state index contributed by atoms with van der Waals surface area (Å²) in [6.07, 6.45) is 7.83. The Hall–Kier alpha value is -0.630. The van der Waals surface area contributed by atoms with Crippen molar-refractivity contribution >= 4 is 5.78 Å². The van der Waals surface area contributed by atoms with E-state index in [1.54, 1.807) is 0 Å². The summed E-state index contributed by atoms with van der Waals surface area (Å²) in [5, 5.41) is 10.5. The quantitative estimate of drug-likeness (QED) is 0.682. The standard InChI is InChI=1S/C18H28O2/c1-16(2)12-8-10-18(4)13(6-5-7-15(18)20)17(12,3)11-9-14(16)19/h6,12,15,20H,5,7-11H2,1-4H3/t12?,15-,17+,18?/m1/s1. The minimum Gasteiger partial charge on any atom is -0.392 e. The molecule has 0 saturated heterocycles. The van der Waals surface area contributed by atoms with Crippen LogP contribution >= 0.6 is 0 Å². The van der Waals surface area contributed by atoms with Gasteiger partial charge in [0, 0.05) is 17.3 Å². The molecular formula is C18H28O2. The van der Waals surface area contributed by atoms with Gasteiger partial charge in [0.05, 0.1) is 6.10 Å². The van der Waals surface area contributed by atoms with Crippen LogP contribution in [0.4, 0.5) is 0 Å². The maximum Gasteiger partial charge on any atom is 0.138 e. The molecule has 2 saturated carbocycles. The first-order chi connectivity index (χ1) is 9.23. The van der Waals surface area contributed by atoms with E-state index >= 15 is 0 Å². The summed E-state index contributed by atoms with van der Waals surface area (Å²) >= 11 is 0. The van der Waals surface area contributed by atoms with Gasteiger partial charge in [-0.1, -0.05) is 39.3 Å². The van der Waals surface area contributed by atoms with Gasteiger partial charge in [-0.3, -0.25) is 4.79 Å². The Morgan fingerprint density at radius 1 is 1.10 bits per heavy atom. The lowest BCUT2D eigenvalue weighted by Crippen LogP contribution is -2.56. The average molecular weight is 276 g/mol. The van der Waals surface area contributed by atoms with Crippen molar-refractivity contribution in [3.63, 3.8) is 0 Å². The number of carbonyl (C=O) groups is 1. The van der Waals surface area contributed by atoms with Crippen LogP contribution in [-0.4, -0.2) is 17.0 Å². The van der Waals surface area contributed by atoms with Crippen LogP contribution in [-0.2, 0) is 4.79 Å². The second kappa shape index (κ2) is 4.19. The molecule has 3 rings (SSSR count). The van der Waals surface area contributed by atoms with E-state index in [0.717, 1.165) is 32.1 Å². The minimum absolute atomic E-state index is 0.0556. The molecule has 0 aromatic heterocycles. The molecule has 112 valence electrons. The molecule has 3 aliphatic carbocycles. The predicted molar refractivity (Wildman–Crippen MR) is 80.3 cm³/mol. The molecule has 3 aliphatic rings. The zero-order valence-corrected chi connectivity index (χ0v) is 13.3. The molecule has 0 bridgehead atoms. The van der Waals surface area contributed by atoms with Gasteiger partial charge < -0.3 is 5.11 Å². The highest BCUT2D eigenvalue weighted by atomic mass is 16.3. The Morgan fingerprint density at radius 3 is 2.50 bits per heavy atom. The van der Waals surface area contributed by atoms with E-state index < -0.39 is 0 Å². The Kier molecular flexibility index (Phi) is 3.00. The lowest BCUT2D eigenvalue weighted by molar-refractivity contribution is -0.143. The van der Waals surface area contributed by atoms with E-state index in [1.807, 2.05) is 0 Å². The van der Waals surface area contributed by atoms with E-state index in [1.165, 1.54) is 5.57 Å². The van der Waals surface area contributed by atoms with Gasteiger partial charge in [-0.25, -0.2) is 0 Å². The molecule has 2 heteroatoms. The number of hydrogen-bond donors (Lipinski definition) is 1. The summed E-state index contributed by atoms with van der Waals surface area (Å²) in [6.45, 7) is 8.88. The Morgan fingerprint density at radius 2 is 1.80 bits per heavy atom. The highest BCUT2D eigenvalue weighted by Gasteiger charge is 2.59. The van der Waals surface area contributed by atoms with Crippen molar-refractivity contribution in [1.29, 1.82) is 0 Å². The van der Waals surface area contributed by atoms with E-state index in [0.29, 0.717) is 18.1 Å². The monoisotopic (exact) mass is 276 g/mol. The number of Topliss-reactive ketones (excluding diaryl/α,β-unsaturated/α-hetero) is 1. The molecule has 0 aliphatic heterocycles. The van der Waals surface area contributed by atoms with Crippen LogP contribution in [0, 0.1) is 22.2 Å². The highest BCUT2D eigenvalue weighted by Crippen LogP contribution is 2.65. The van der Waals surface area contributed by atoms with Crippen LogP contribution in [0.2, 0.25) is 0 Å². The number of ketones is 1. The van der Waals surface area contributed by atoms with E-state index in [9.17, 15) is 9.90 Å². The van der Waals surface area contributed by atoms with Crippen LogP contribution in [0.15, 0.2) is 11.6 Å². The third-order valence-electron chi connectivity index (χ3n) is 6.94. The van der Waals surface area contributed by atoms with Crippen molar-refractivity contribution in [3.8, 4) is 0 Å². The largest absolute Gasteiger partial charge is 0.392 e. The third kappa shape index (κ3) is 1.63. The first-order valence-electron chi connectivity index (χ1n) is 8.15. The molecule has 0 aromatic carbocycles. The maximum atomic E-state index is 12.3. The smallest absolute Gasteiger partial charge is 0.138 e. The SMILES string of the molecule is CC1(C)C(=O)CC[C@]2(C)C3=CCC[C@@H](O)C3(C)CCC12. The van der Waals surface area contributed by atoms with Crippen LogP contribution in [0.3, 0.4) is 0 Å². The number of rotatable bonds is 0. The summed E-state index contributed by atoms with van der Waals surface area (Å²) in [4.78, 5) is 12.3. The molecule has 0 radical (unpaired) electrons. The van der Waals surface area contributed by atoms with Gasteiger partial charge in [-0.05, 0) is 43.4 Å². The highest BCUT2D eigenvalue weighted by molar-refractivity contribution is 5.85. The predicted octanol–water partition coefficient (Wildman–Crippen LogP) is 3.88. The Labute approximate surface area is 122 Å². The molecule has 2 nitrogen and oxygen atoms in total. The third-order valence-corrected chi connectivity index (χ3v) is 6.94. The number of aliphatic hydroxyl groups excluding tert-OH is 1. The van der Waals surface area contributed by atoms with Crippen LogP contribution in [0.1, 0.15) is 66.2 Å². The van der Waals surface area contributed by atoms with E-state index in [-0.39, 0.29) is 22.3 Å². The van der Waals surface area contributed by atoms with Crippen LogP contribution in [0.25, 0.3) is 0 Å². The molecule has 20 heavy (non-hydrogen) atoms. The van der Waals surface area contributed by atoms with Crippen molar-refractivity contribution < 1.29 is 9.90 Å². The summed E-state index contributed by atoms with van der Waals surface area (Å²) in [5.74, 6) is 0.862. The molecule has 0 heterocycles. The van der Waals surface area contributed by atoms with Gasteiger partial charge in [0.1, 0.15) is 5.78 Å². The molecule has 2 fully saturated rings. The second-order valence-electron chi connectivity index (χ2n) is 8.28. The molecule has 4 atom stereocenters. The average Bonchev–Trinajstić information content (AvgIpc) is 2.37. The van der Waals surface area contributed by atoms with Crippen molar-refractivity contribution in [3.05, 3.63) is 11.6 Å².